The van der Waals surface area contributed by atoms with Crippen LogP contribution in [0.1, 0.15) is 11.3 Å². The van der Waals surface area contributed by atoms with Crippen LogP contribution in [-0.2, 0) is 11.3 Å². The van der Waals surface area contributed by atoms with E-state index in [4.69, 9.17) is 21.4 Å². The molecule has 3 rings (SSSR count). The van der Waals surface area contributed by atoms with Crippen molar-refractivity contribution in [3.63, 3.8) is 0 Å². The smallest absolute Gasteiger partial charge is 0.433 e. The molecule has 1 fully saturated rings. The molecular weight excluding hydrogens is 364 g/mol. The van der Waals surface area contributed by atoms with Gasteiger partial charge in [0.25, 0.3) is 5.91 Å². The average Bonchev–Trinajstić information content (AvgIpc) is 3.16. The second kappa shape index (κ2) is 7.08. The predicted molar refractivity (Wildman–Crippen MR) is 97.1 cm³/mol. The minimum Gasteiger partial charge on any atom is -0.497 e. The van der Waals surface area contributed by atoms with Crippen LogP contribution in [0.3, 0.4) is 0 Å². The maximum atomic E-state index is 12.5. The number of furan rings is 1. The summed E-state index contributed by atoms with van der Waals surface area (Å²) >= 11 is 6.40. The molecule has 0 N–H and O–H groups in total. The van der Waals surface area contributed by atoms with Crippen molar-refractivity contribution < 1.29 is 18.9 Å². The van der Waals surface area contributed by atoms with Crippen LogP contribution < -0.4 is 4.74 Å². The molecule has 1 aromatic carbocycles. The number of methoxy groups -OCH3 is 1. The number of hydrogen-bond acceptors (Lipinski definition) is 7. The molecule has 25 heavy (non-hydrogen) atoms. The fourth-order valence-electron chi connectivity index (χ4n) is 2.20. The number of thioether (sulfide) groups is 1. The fraction of sp³-hybridized carbons (Fsp3) is 0.125. The van der Waals surface area contributed by atoms with E-state index < -0.39 is 4.92 Å². The summed E-state index contributed by atoms with van der Waals surface area (Å²) in [6.45, 7) is 0.338. The third-order valence-corrected chi connectivity index (χ3v) is 4.82. The number of rotatable bonds is 5. The van der Waals surface area contributed by atoms with Crippen LogP contribution in [0.15, 0.2) is 45.7 Å². The van der Waals surface area contributed by atoms with Crippen molar-refractivity contribution in [1.29, 1.82) is 0 Å². The van der Waals surface area contributed by atoms with Crippen LogP contribution in [0.25, 0.3) is 6.08 Å². The third kappa shape index (κ3) is 3.72. The highest BCUT2D eigenvalue weighted by atomic mass is 32.2. The molecule has 0 radical (unpaired) electrons. The number of nitro groups is 1. The summed E-state index contributed by atoms with van der Waals surface area (Å²) in [5.41, 5.74) is 0.909. The van der Waals surface area contributed by atoms with Crippen LogP contribution in [0, 0.1) is 10.1 Å². The summed E-state index contributed by atoms with van der Waals surface area (Å²) in [4.78, 5) is 24.4. The first-order valence-electron chi connectivity index (χ1n) is 7.10. The van der Waals surface area contributed by atoms with Gasteiger partial charge in [-0.1, -0.05) is 36.1 Å². The normalized spacial score (nSPS) is 15.9. The van der Waals surface area contributed by atoms with E-state index in [1.807, 2.05) is 24.3 Å². The second-order valence-electron chi connectivity index (χ2n) is 5.05. The number of thiocarbonyl (C=S) groups is 1. The quantitative estimate of drug-likeness (QED) is 0.341. The maximum absolute atomic E-state index is 12.5. The van der Waals surface area contributed by atoms with Crippen LogP contribution >= 0.6 is 24.0 Å². The van der Waals surface area contributed by atoms with Gasteiger partial charge in [-0.3, -0.25) is 19.8 Å². The van der Waals surface area contributed by atoms with Crippen molar-refractivity contribution in [3.8, 4) is 5.75 Å². The summed E-state index contributed by atoms with van der Waals surface area (Å²) in [5, 5.41) is 10.6. The molecule has 1 aromatic heterocycles. The highest BCUT2D eigenvalue weighted by molar-refractivity contribution is 8.26. The lowest BCUT2D eigenvalue weighted by molar-refractivity contribution is -0.402. The minimum atomic E-state index is -0.633. The maximum Gasteiger partial charge on any atom is 0.433 e. The summed E-state index contributed by atoms with van der Waals surface area (Å²) in [6, 6.07) is 10.0. The molecule has 0 aliphatic carbocycles. The summed E-state index contributed by atoms with van der Waals surface area (Å²) in [5.74, 6) is 0.329. The van der Waals surface area contributed by atoms with E-state index in [0.717, 1.165) is 23.1 Å². The monoisotopic (exact) mass is 376 g/mol. The number of ether oxygens (including phenoxy) is 1. The average molecular weight is 376 g/mol. The lowest BCUT2D eigenvalue weighted by Gasteiger charge is -2.14. The molecule has 0 saturated carbocycles. The molecule has 2 aromatic rings. The first-order valence-corrected chi connectivity index (χ1v) is 8.33. The molecule has 0 unspecified atom stereocenters. The van der Waals surface area contributed by atoms with Crippen molar-refractivity contribution in [2.24, 2.45) is 0 Å². The van der Waals surface area contributed by atoms with Gasteiger partial charge >= 0.3 is 5.88 Å². The number of carbonyl (C=O) groups is 1. The Kier molecular flexibility index (Phi) is 4.86. The number of nitrogens with zero attached hydrogens (tertiary/aromatic N) is 2. The van der Waals surface area contributed by atoms with Crippen LogP contribution in [0.2, 0.25) is 0 Å². The number of amides is 1. The van der Waals surface area contributed by atoms with Gasteiger partial charge in [-0.2, -0.15) is 0 Å². The number of hydrogen-bond donors (Lipinski definition) is 0. The van der Waals surface area contributed by atoms with E-state index in [1.165, 1.54) is 23.1 Å². The van der Waals surface area contributed by atoms with Gasteiger partial charge in [0.05, 0.1) is 24.6 Å². The first kappa shape index (κ1) is 17.2. The van der Waals surface area contributed by atoms with Gasteiger partial charge in [-0.05, 0) is 23.8 Å². The molecule has 0 atom stereocenters. The molecule has 1 amide bonds. The van der Waals surface area contributed by atoms with E-state index in [1.54, 1.807) is 7.11 Å². The first-order chi connectivity index (χ1) is 12.0. The lowest BCUT2D eigenvalue weighted by atomic mass is 10.2. The summed E-state index contributed by atoms with van der Waals surface area (Å²) < 4.78 is 10.6. The Morgan fingerprint density at radius 3 is 2.64 bits per heavy atom. The Hall–Kier alpha value is -2.65. The predicted octanol–water partition coefficient (Wildman–Crippen LogP) is 3.60. The molecule has 1 saturated heterocycles. The minimum absolute atomic E-state index is 0.233. The van der Waals surface area contributed by atoms with E-state index in [0.29, 0.717) is 15.8 Å². The standard InChI is InChI=1S/C16H12N2O5S2/c1-22-11-4-2-10(3-5-11)9-17-15(19)13(25-16(17)24)8-12-6-7-14(23-12)18(20)21/h2-8H,9H2,1H3. The van der Waals surface area contributed by atoms with Gasteiger partial charge < -0.3 is 9.15 Å². The highest BCUT2D eigenvalue weighted by Crippen LogP contribution is 2.34. The summed E-state index contributed by atoms with van der Waals surface area (Å²) in [6.07, 6.45) is 1.46. The highest BCUT2D eigenvalue weighted by Gasteiger charge is 2.32. The zero-order chi connectivity index (χ0) is 18.0. The van der Waals surface area contributed by atoms with Crippen LogP contribution in [-0.4, -0.2) is 27.2 Å². The van der Waals surface area contributed by atoms with E-state index in [-0.39, 0.29) is 17.6 Å². The second-order valence-corrected chi connectivity index (χ2v) is 6.72. The van der Waals surface area contributed by atoms with Gasteiger partial charge in [-0.15, -0.1) is 0 Å². The zero-order valence-corrected chi connectivity index (χ0v) is 14.6. The Morgan fingerprint density at radius 1 is 1.32 bits per heavy atom. The van der Waals surface area contributed by atoms with Gasteiger partial charge in [0.15, 0.2) is 0 Å². The molecular formula is C16H12N2O5S2. The van der Waals surface area contributed by atoms with Crippen LogP contribution in [0.4, 0.5) is 5.88 Å². The topological polar surface area (TPSA) is 85.8 Å². The van der Waals surface area contributed by atoms with Crippen molar-refractivity contribution in [3.05, 3.63) is 62.7 Å². The van der Waals surface area contributed by atoms with Gasteiger partial charge in [0.2, 0.25) is 0 Å². The molecule has 7 nitrogen and oxygen atoms in total. The third-order valence-electron chi connectivity index (χ3n) is 3.44. The van der Waals surface area contributed by atoms with Crippen LogP contribution in [0.5, 0.6) is 5.75 Å². The largest absolute Gasteiger partial charge is 0.497 e. The Bertz CT molecular complexity index is 873. The summed E-state index contributed by atoms with van der Waals surface area (Å²) in [7, 11) is 1.58. The Morgan fingerprint density at radius 2 is 2.04 bits per heavy atom. The lowest BCUT2D eigenvalue weighted by Crippen LogP contribution is -2.27. The molecule has 1 aliphatic rings. The Labute approximate surface area is 152 Å². The molecule has 1 aliphatic heterocycles. The number of carbonyl (C=O) groups excluding carboxylic acids is 1. The zero-order valence-electron chi connectivity index (χ0n) is 13.0. The van der Waals surface area contributed by atoms with Gasteiger partial charge in [0.1, 0.15) is 20.8 Å². The van der Waals surface area contributed by atoms with Crippen molar-refractivity contribution in [2.45, 2.75) is 6.54 Å². The van der Waals surface area contributed by atoms with E-state index in [2.05, 4.69) is 0 Å². The SMILES string of the molecule is COc1ccc(CN2C(=O)C(=Cc3ccc([N+](=O)[O-])o3)SC2=S)cc1. The van der Waals surface area contributed by atoms with E-state index in [9.17, 15) is 14.9 Å². The van der Waals surface area contributed by atoms with E-state index >= 15 is 0 Å². The van der Waals surface area contributed by atoms with Gasteiger partial charge in [-0.25, -0.2) is 0 Å². The molecule has 0 bridgehead atoms. The fourth-order valence-corrected chi connectivity index (χ4v) is 3.43. The molecule has 0 spiro atoms. The molecule has 2 heterocycles. The van der Waals surface area contributed by atoms with Gasteiger partial charge in [0, 0.05) is 6.08 Å². The van der Waals surface area contributed by atoms with Crippen molar-refractivity contribution >= 4 is 46.2 Å². The molecule has 128 valence electrons. The van der Waals surface area contributed by atoms with Crippen molar-refractivity contribution in [2.75, 3.05) is 7.11 Å². The Balaban J connectivity index is 1.76. The van der Waals surface area contributed by atoms with Crippen molar-refractivity contribution in [1.82, 2.24) is 4.90 Å². The molecule has 9 heteroatoms. The number of benzene rings is 1.